The zero-order valence-corrected chi connectivity index (χ0v) is 11.3. The van der Waals surface area contributed by atoms with Crippen LogP contribution in [0.15, 0.2) is 43.1 Å². The van der Waals surface area contributed by atoms with E-state index >= 15 is 0 Å². The Balaban J connectivity index is 2.03. The van der Waals surface area contributed by atoms with Gasteiger partial charge in [0.1, 0.15) is 5.75 Å². The van der Waals surface area contributed by atoms with E-state index in [1.54, 1.807) is 12.3 Å². The van der Waals surface area contributed by atoms with Gasteiger partial charge in [0, 0.05) is 12.2 Å². The number of benzene rings is 1. The summed E-state index contributed by atoms with van der Waals surface area (Å²) < 4.78 is 5.39. The standard InChI is InChI=1S/C14H17N5O/c1-3-9-15-14-18-13(10-16-19-14)17-11-5-7-12(8-6-11)20-4-2/h3,5-8,10H,1,4,9H2,2H3,(H2,15,17,18,19). The van der Waals surface area contributed by atoms with Gasteiger partial charge in [-0.05, 0) is 31.2 Å². The van der Waals surface area contributed by atoms with Crippen molar-refractivity contribution in [2.24, 2.45) is 0 Å². The van der Waals surface area contributed by atoms with Gasteiger partial charge in [0.25, 0.3) is 0 Å². The summed E-state index contributed by atoms with van der Waals surface area (Å²) in [4.78, 5) is 4.29. The number of hydrogen-bond donors (Lipinski definition) is 2. The van der Waals surface area contributed by atoms with Crippen LogP contribution < -0.4 is 15.4 Å². The maximum Gasteiger partial charge on any atom is 0.244 e. The molecule has 6 nitrogen and oxygen atoms in total. The van der Waals surface area contributed by atoms with Gasteiger partial charge in [0.2, 0.25) is 5.95 Å². The molecular formula is C14H17N5O. The molecule has 0 unspecified atom stereocenters. The first-order chi connectivity index (χ1) is 9.81. The van der Waals surface area contributed by atoms with Crippen molar-refractivity contribution in [2.45, 2.75) is 6.92 Å². The molecule has 0 saturated heterocycles. The monoisotopic (exact) mass is 271 g/mol. The molecule has 6 heteroatoms. The van der Waals surface area contributed by atoms with Crippen LogP contribution in [0.5, 0.6) is 5.75 Å². The maximum atomic E-state index is 5.39. The van der Waals surface area contributed by atoms with Crippen LogP contribution >= 0.6 is 0 Å². The van der Waals surface area contributed by atoms with E-state index < -0.39 is 0 Å². The highest BCUT2D eigenvalue weighted by Gasteiger charge is 2.00. The highest BCUT2D eigenvalue weighted by Crippen LogP contribution is 2.18. The van der Waals surface area contributed by atoms with Crippen molar-refractivity contribution < 1.29 is 4.74 Å². The Hall–Kier alpha value is -2.63. The molecule has 0 saturated carbocycles. The molecule has 0 bridgehead atoms. The van der Waals surface area contributed by atoms with Crippen LogP contribution in [0, 0.1) is 0 Å². The molecule has 1 aromatic heterocycles. The summed E-state index contributed by atoms with van der Waals surface area (Å²) in [6.07, 6.45) is 3.30. The van der Waals surface area contributed by atoms with Gasteiger partial charge >= 0.3 is 0 Å². The minimum absolute atomic E-state index is 0.459. The van der Waals surface area contributed by atoms with Gasteiger partial charge in [-0.25, -0.2) is 0 Å². The summed E-state index contributed by atoms with van der Waals surface area (Å²) in [7, 11) is 0. The molecule has 0 spiro atoms. The highest BCUT2D eigenvalue weighted by molar-refractivity contribution is 5.57. The summed E-state index contributed by atoms with van der Waals surface area (Å²) in [6.45, 7) is 6.82. The molecule has 0 radical (unpaired) electrons. The quantitative estimate of drug-likeness (QED) is 0.754. The number of rotatable bonds is 7. The predicted molar refractivity (Wildman–Crippen MR) is 79.4 cm³/mol. The Kier molecular flexibility index (Phi) is 4.88. The van der Waals surface area contributed by atoms with Crippen molar-refractivity contribution in [2.75, 3.05) is 23.8 Å². The summed E-state index contributed by atoms with van der Waals surface area (Å²) in [5.41, 5.74) is 0.906. The van der Waals surface area contributed by atoms with E-state index in [2.05, 4.69) is 32.4 Å². The third-order valence-corrected chi connectivity index (χ3v) is 2.40. The van der Waals surface area contributed by atoms with Gasteiger partial charge in [-0.1, -0.05) is 6.08 Å². The number of nitrogens with zero attached hydrogens (tertiary/aromatic N) is 3. The van der Waals surface area contributed by atoms with Crippen LogP contribution in [0.2, 0.25) is 0 Å². The number of nitrogens with one attached hydrogen (secondary N) is 2. The zero-order chi connectivity index (χ0) is 14.2. The molecule has 1 heterocycles. The average molecular weight is 271 g/mol. The molecule has 0 amide bonds. The SMILES string of the molecule is C=CCNc1nncc(Nc2ccc(OCC)cc2)n1. The van der Waals surface area contributed by atoms with Gasteiger partial charge in [-0.3, -0.25) is 0 Å². The van der Waals surface area contributed by atoms with Crippen LogP contribution in [0.25, 0.3) is 0 Å². The van der Waals surface area contributed by atoms with Crippen molar-refractivity contribution >= 4 is 17.5 Å². The first-order valence-corrected chi connectivity index (χ1v) is 6.36. The first-order valence-electron chi connectivity index (χ1n) is 6.36. The minimum atomic E-state index is 0.459. The average Bonchev–Trinajstić information content (AvgIpc) is 2.48. The fraction of sp³-hybridized carbons (Fsp3) is 0.214. The number of aromatic nitrogens is 3. The van der Waals surface area contributed by atoms with Crippen LogP contribution in [-0.4, -0.2) is 28.3 Å². The molecule has 2 aromatic rings. The van der Waals surface area contributed by atoms with Crippen molar-refractivity contribution in [1.29, 1.82) is 0 Å². The van der Waals surface area contributed by atoms with E-state index in [1.165, 1.54) is 0 Å². The summed E-state index contributed by atoms with van der Waals surface area (Å²) in [5, 5.41) is 13.9. The van der Waals surface area contributed by atoms with Gasteiger partial charge in [0.15, 0.2) is 5.82 Å². The molecule has 0 atom stereocenters. The molecular weight excluding hydrogens is 254 g/mol. The van der Waals surface area contributed by atoms with E-state index in [9.17, 15) is 0 Å². The molecule has 0 aliphatic heterocycles. The fourth-order valence-corrected chi connectivity index (χ4v) is 1.55. The summed E-state index contributed by atoms with van der Waals surface area (Å²) >= 11 is 0. The van der Waals surface area contributed by atoms with Gasteiger partial charge in [-0.15, -0.1) is 11.7 Å². The van der Waals surface area contributed by atoms with Crippen molar-refractivity contribution in [3.05, 3.63) is 43.1 Å². The molecule has 2 N–H and O–H groups in total. The van der Waals surface area contributed by atoms with Crippen molar-refractivity contribution in [3.63, 3.8) is 0 Å². The maximum absolute atomic E-state index is 5.39. The topological polar surface area (TPSA) is 72.0 Å². The molecule has 0 fully saturated rings. The molecule has 2 rings (SSSR count). The Morgan fingerprint density at radius 1 is 1.30 bits per heavy atom. The Morgan fingerprint density at radius 2 is 2.10 bits per heavy atom. The second kappa shape index (κ2) is 7.08. The largest absolute Gasteiger partial charge is 0.494 e. The minimum Gasteiger partial charge on any atom is -0.494 e. The van der Waals surface area contributed by atoms with Crippen LogP contribution in [0.4, 0.5) is 17.5 Å². The van der Waals surface area contributed by atoms with E-state index in [0.29, 0.717) is 24.9 Å². The Bertz CT molecular complexity index is 556. The van der Waals surface area contributed by atoms with Gasteiger partial charge in [-0.2, -0.15) is 10.1 Å². The normalized spacial score (nSPS) is 9.85. The summed E-state index contributed by atoms with van der Waals surface area (Å²) in [5.74, 6) is 1.92. The third kappa shape index (κ3) is 3.94. The summed E-state index contributed by atoms with van der Waals surface area (Å²) in [6, 6.07) is 7.64. The number of hydrogen-bond acceptors (Lipinski definition) is 6. The van der Waals surface area contributed by atoms with Crippen LogP contribution in [0.3, 0.4) is 0 Å². The molecule has 1 aromatic carbocycles. The lowest BCUT2D eigenvalue weighted by Gasteiger charge is -2.08. The highest BCUT2D eigenvalue weighted by atomic mass is 16.5. The van der Waals surface area contributed by atoms with Crippen LogP contribution in [-0.2, 0) is 0 Å². The van der Waals surface area contributed by atoms with E-state index in [-0.39, 0.29) is 0 Å². The second-order valence-corrected chi connectivity index (χ2v) is 3.92. The van der Waals surface area contributed by atoms with Gasteiger partial charge < -0.3 is 15.4 Å². The fourth-order valence-electron chi connectivity index (χ4n) is 1.55. The third-order valence-electron chi connectivity index (χ3n) is 2.40. The lowest BCUT2D eigenvalue weighted by atomic mass is 10.3. The van der Waals surface area contributed by atoms with Crippen molar-refractivity contribution in [1.82, 2.24) is 15.2 Å². The van der Waals surface area contributed by atoms with Crippen molar-refractivity contribution in [3.8, 4) is 5.75 Å². The first kappa shape index (κ1) is 13.8. The van der Waals surface area contributed by atoms with Gasteiger partial charge in [0.05, 0.1) is 12.8 Å². The van der Waals surface area contributed by atoms with E-state index in [1.807, 2.05) is 31.2 Å². The molecule has 104 valence electrons. The van der Waals surface area contributed by atoms with E-state index in [4.69, 9.17) is 4.74 Å². The lowest BCUT2D eigenvalue weighted by Crippen LogP contribution is -2.05. The van der Waals surface area contributed by atoms with Crippen LogP contribution in [0.1, 0.15) is 6.92 Å². The zero-order valence-electron chi connectivity index (χ0n) is 11.3. The molecule has 20 heavy (non-hydrogen) atoms. The molecule has 0 aliphatic rings. The smallest absolute Gasteiger partial charge is 0.244 e. The second-order valence-electron chi connectivity index (χ2n) is 3.92. The molecule has 0 aliphatic carbocycles. The Morgan fingerprint density at radius 3 is 2.80 bits per heavy atom. The number of ether oxygens (including phenoxy) is 1. The Labute approximate surface area is 117 Å². The number of anilines is 3. The predicted octanol–water partition coefficient (Wildman–Crippen LogP) is 2.61. The van der Waals surface area contributed by atoms with E-state index in [0.717, 1.165) is 11.4 Å². The lowest BCUT2D eigenvalue weighted by molar-refractivity contribution is 0.340.